The summed E-state index contributed by atoms with van der Waals surface area (Å²) in [7, 11) is 0. The molecule has 0 aliphatic rings. The van der Waals surface area contributed by atoms with Crippen LogP contribution in [0, 0.1) is 5.82 Å². The number of phenolic OH excluding ortho intramolecular Hbond substituents is 1. The van der Waals surface area contributed by atoms with Crippen LogP contribution in [0.25, 0.3) is 0 Å². The third-order valence-electron chi connectivity index (χ3n) is 2.77. The van der Waals surface area contributed by atoms with Crippen LogP contribution in [0.1, 0.15) is 24.2 Å². The Bertz CT molecular complexity index is 550. The van der Waals surface area contributed by atoms with E-state index in [9.17, 15) is 9.50 Å². The van der Waals surface area contributed by atoms with E-state index in [2.05, 4.69) is 0 Å². The Balaban J connectivity index is 2.05. The smallest absolute Gasteiger partial charge is 0.165 e. The van der Waals surface area contributed by atoms with Crippen LogP contribution in [0.15, 0.2) is 42.5 Å². The summed E-state index contributed by atoms with van der Waals surface area (Å²) in [6, 6.07) is 10.9. The molecule has 0 radical (unpaired) electrons. The number of aliphatic hydroxyl groups is 1. The van der Waals surface area contributed by atoms with Gasteiger partial charge < -0.3 is 14.9 Å². The average Bonchev–Trinajstić information content (AvgIpc) is 2.39. The Labute approximate surface area is 110 Å². The number of aliphatic hydroxyl groups excluding tert-OH is 1. The normalized spacial score (nSPS) is 12.2. The van der Waals surface area contributed by atoms with Crippen LogP contribution in [0.4, 0.5) is 4.39 Å². The van der Waals surface area contributed by atoms with Gasteiger partial charge in [-0.2, -0.15) is 0 Å². The van der Waals surface area contributed by atoms with E-state index in [1.807, 2.05) is 0 Å². The molecule has 2 rings (SSSR count). The third-order valence-corrected chi connectivity index (χ3v) is 2.77. The summed E-state index contributed by atoms with van der Waals surface area (Å²) in [4.78, 5) is 0. The highest BCUT2D eigenvalue weighted by Gasteiger charge is 2.08. The fraction of sp³-hybridized carbons (Fsp3) is 0.200. The van der Waals surface area contributed by atoms with Crippen molar-refractivity contribution in [1.29, 1.82) is 0 Å². The summed E-state index contributed by atoms with van der Waals surface area (Å²) in [5, 5.41) is 18.5. The molecule has 2 N–H and O–H groups in total. The number of phenols is 1. The van der Waals surface area contributed by atoms with Crippen LogP contribution in [0.3, 0.4) is 0 Å². The molecule has 0 aliphatic heterocycles. The average molecular weight is 262 g/mol. The molecule has 2 aromatic rings. The largest absolute Gasteiger partial charge is 0.508 e. The Morgan fingerprint density at radius 1 is 1.16 bits per heavy atom. The lowest BCUT2D eigenvalue weighted by Gasteiger charge is -2.10. The molecule has 0 amide bonds. The SMILES string of the molecule is CC(O)c1ccc(OCc2ccc(O)cc2)c(F)c1. The number of rotatable bonds is 4. The van der Waals surface area contributed by atoms with Gasteiger partial charge in [0.1, 0.15) is 12.4 Å². The molecule has 2 aromatic carbocycles. The van der Waals surface area contributed by atoms with E-state index >= 15 is 0 Å². The molecule has 0 spiro atoms. The van der Waals surface area contributed by atoms with E-state index in [4.69, 9.17) is 9.84 Å². The van der Waals surface area contributed by atoms with E-state index in [0.29, 0.717) is 5.56 Å². The zero-order valence-electron chi connectivity index (χ0n) is 10.5. The van der Waals surface area contributed by atoms with Crippen LogP contribution in [-0.4, -0.2) is 10.2 Å². The number of benzene rings is 2. The maximum absolute atomic E-state index is 13.7. The number of aromatic hydroxyl groups is 1. The number of hydrogen-bond acceptors (Lipinski definition) is 3. The van der Waals surface area contributed by atoms with E-state index in [1.165, 1.54) is 12.1 Å². The van der Waals surface area contributed by atoms with Crippen molar-refractivity contribution >= 4 is 0 Å². The number of hydrogen-bond donors (Lipinski definition) is 2. The Morgan fingerprint density at radius 3 is 2.42 bits per heavy atom. The maximum Gasteiger partial charge on any atom is 0.165 e. The van der Waals surface area contributed by atoms with Crippen LogP contribution in [0.2, 0.25) is 0 Å². The van der Waals surface area contributed by atoms with Crippen molar-refractivity contribution in [3.05, 3.63) is 59.4 Å². The van der Waals surface area contributed by atoms with Gasteiger partial charge in [0, 0.05) is 0 Å². The van der Waals surface area contributed by atoms with Gasteiger partial charge in [-0.05, 0) is 42.3 Å². The van der Waals surface area contributed by atoms with Crippen LogP contribution < -0.4 is 4.74 Å². The second-order valence-corrected chi connectivity index (χ2v) is 4.32. The molecule has 3 nitrogen and oxygen atoms in total. The van der Waals surface area contributed by atoms with E-state index in [-0.39, 0.29) is 18.1 Å². The molecule has 4 heteroatoms. The highest BCUT2D eigenvalue weighted by atomic mass is 19.1. The van der Waals surface area contributed by atoms with Crippen molar-refractivity contribution in [2.24, 2.45) is 0 Å². The molecular formula is C15H15FO3. The van der Waals surface area contributed by atoms with Crippen molar-refractivity contribution < 1.29 is 19.3 Å². The molecule has 0 saturated carbocycles. The fourth-order valence-corrected chi connectivity index (χ4v) is 1.65. The summed E-state index contributed by atoms with van der Waals surface area (Å²) in [6.07, 6.45) is -0.708. The minimum atomic E-state index is -0.708. The Kier molecular flexibility index (Phi) is 4.02. The summed E-state index contributed by atoms with van der Waals surface area (Å²) in [5.74, 6) is -0.189. The summed E-state index contributed by atoms with van der Waals surface area (Å²) in [6.45, 7) is 1.79. The summed E-state index contributed by atoms with van der Waals surface area (Å²) < 4.78 is 19.1. The molecule has 1 atom stereocenters. The lowest BCUT2D eigenvalue weighted by molar-refractivity contribution is 0.198. The van der Waals surface area contributed by atoms with E-state index < -0.39 is 11.9 Å². The first-order valence-corrected chi connectivity index (χ1v) is 5.94. The lowest BCUT2D eigenvalue weighted by Crippen LogP contribution is -1.99. The topological polar surface area (TPSA) is 49.7 Å². The zero-order chi connectivity index (χ0) is 13.8. The molecule has 0 saturated heterocycles. The van der Waals surface area contributed by atoms with Crippen molar-refractivity contribution in [1.82, 2.24) is 0 Å². The van der Waals surface area contributed by atoms with Crippen LogP contribution >= 0.6 is 0 Å². The standard InChI is InChI=1S/C15H15FO3/c1-10(17)12-4-7-15(14(16)8-12)19-9-11-2-5-13(18)6-3-11/h2-8,10,17-18H,9H2,1H3. The van der Waals surface area contributed by atoms with Gasteiger partial charge in [-0.25, -0.2) is 4.39 Å². The highest BCUT2D eigenvalue weighted by Crippen LogP contribution is 2.23. The van der Waals surface area contributed by atoms with Gasteiger partial charge in [-0.1, -0.05) is 18.2 Å². The first kappa shape index (κ1) is 13.4. The number of halogens is 1. The van der Waals surface area contributed by atoms with Crippen molar-refractivity contribution in [2.75, 3.05) is 0 Å². The van der Waals surface area contributed by atoms with Gasteiger partial charge in [0.2, 0.25) is 0 Å². The molecule has 0 aliphatic carbocycles. The second-order valence-electron chi connectivity index (χ2n) is 4.32. The Hall–Kier alpha value is -2.07. The van der Waals surface area contributed by atoms with E-state index in [1.54, 1.807) is 37.3 Å². The van der Waals surface area contributed by atoms with Gasteiger partial charge >= 0.3 is 0 Å². The molecule has 100 valence electrons. The highest BCUT2D eigenvalue weighted by molar-refractivity contribution is 5.31. The first-order valence-electron chi connectivity index (χ1n) is 5.94. The molecular weight excluding hydrogens is 247 g/mol. The lowest BCUT2D eigenvalue weighted by atomic mass is 10.1. The van der Waals surface area contributed by atoms with Crippen molar-refractivity contribution in [3.8, 4) is 11.5 Å². The van der Waals surface area contributed by atoms with Gasteiger partial charge in [-0.15, -0.1) is 0 Å². The maximum atomic E-state index is 13.7. The van der Waals surface area contributed by atoms with Crippen LogP contribution in [0.5, 0.6) is 11.5 Å². The molecule has 0 aromatic heterocycles. The van der Waals surface area contributed by atoms with Crippen molar-refractivity contribution in [3.63, 3.8) is 0 Å². The molecule has 0 fully saturated rings. The minimum absolute atomic E-state index is 0.137. The predicted octanol–water partition coefficient (Wildman–Crippen LogP) is 3.16. The first-order chi connectivity index (χ1) is 9.06. The fourth-order valence-electron chi connectivity index (χ4n) is 1.65. The predicted molar refractivity (Wildman–Crippen MR) is 69.5 cm³/mol. The third kappa shape index (κ3) is 3.45. The molecule has 0 bridgehead atoms. The quantitative estimate of drug-likeness (QED) is 0.889. The van der Waals surface area contributed by atoms with Crippen molar-refractivity contribution in [2.45, 2.75) is 19.6 Å². The number of ether oxygens (including phenoxy) is 1. The van der Waals surface area contributed by atoms with Gasteiger partial charge in [0.25, 0.3) is 0 Å². The molecule has 1 unspecified atom stereocenters. The van der Waals surface area contributed by atoms with Gasteiger partial charge in [-0.3, -0.25) is 0 Å². The zero-order valence-corrected chi connectivity index (χ0v) is 10.5. The second kappa shape index (κ2) is 5.71. The van der Waals surface area contributed by atoms with Gasteiger partial charge in [0.15, 0.2) is 11.6 Å². The molecule has 19 heavy (non-hydrogen) atoms. The summed E-state index contributed by atoms with van der Waals surface area (Å²) >= 11 is 0. The molecule has 0 heterocycles. The summed E-state index contributed by atoms with van der Waals surface area (Å²) in [5.41, 5.74) is 1.34. The Morgan fingerprint density at radius 2 is 1.84 bits per heavy atom. The van der Waals surface area contributed by atoms with Gasteiger partial charge in [0.05, 0.1) is 6.10 Å². The monoisotopic (exact) mass is 262 g/mol. The van der Waals surface area contributed by atoms with E-state index in [0.717, 1.165) is 5.56 Å². The minimum Gasteiger partial charge on any atom is -0.508 e. The van der Waals surface area contributed by atoms with Crippen LogP contribution in [-0.2, 0) is 6.61 Å².